The minimum Gasteiger partial charge on any atom is -0.388 e. The van der Waals surface area contributed by atoms with Crippen LogP contribution in [0.5, 0.6) is 0 Å². The van der Waals surface area contributed by atoms with E-state index < -0.39 is 0 Å². The summed E-state index contributed by atoms with van der Waals surface area (Å²) in [4.78, 5) is 10.0. The quantitative estimate of drug-likeness (QED) is 0.573. The van der Waals surface area contributed by atoms with Crippen molar-refractivity contribution in [2.24, 2.45) is 0 Å². The van der Waals surface area contributed by atoms with E-state index in [2.05, 4.69) is 4.74 Å². The first-order valence-corrected chi connectivity index (χ1v) is 3.25. The summed E-state index contributed by atoms with van der Waals surface area (Å²) >= 11 is 0. The van der Waals surface area contributed by atoms with Crippen LogP contribution >= 0.6 is 0 Å². The Labute approximate surface area is 66.8 Å². The minimum atomic E-state index is 0.729. The van der Waals surface area contributed by atoms with Gasteiger partial charge in [0.25, 0.3) is 0 Å². The highest BCUT2D eigenvalue weighted by atomic mass is 16.4. The van der Waals surface area contributed by atoms with Gasteiger partial charge in [-0.05, 0) is 0 Å². The van der Waals surface area contributed by atoms with Gasteiger partial charge in [-0.25, -0.2) is 0 Å². The normalized spacial score (nSPS) is 7.82. The second-order valence-corrected chi connectivity index (χ2v) is 1.94. The molecule has 0 saturated carbocycles. The van der Waals surface area contributed by atoms with Crippen molar-refractivity contribution in [3.05, 3.63) is 35.9 Å². The summed E-state index contributed by atoms with van der Waals surface area (Å²) in [5.41, 5.74) is 0.729. The maximum Gasteiger partial charge on any atom is 0.150 e. The van der Waals surface area contributed by atoms with Crippen LogP contribution < -0.4 is 0 Å². The molecule has 0 saturated heterocycles. The lowest BCUT2D eigenvalue weighted by atomic mass is 10.2. The molecule has 0 aliphatic rings. The van der Waals surface area contributed by atoms with Gasteiger partial charge in [0, 0.05) is 19.8 Å². The number of benzene rings is 1. The molecule has 0 amide bonds. The van der Waals surface area contributed by atoms with Crippen molar-refractivity contribution in [1.29, 1.82) is 0 Å². The molecular formula is C9H12O2. The van der Waals surface area contributed by atoms with E-state index in [1.807, 2.05) is 18.2 Å². The molecule has 0 aliphatic carbocycles. The monoisotopic (exact) mass is 152 g/mol. The van der Waals surface area contributed by atoms with E-state index in [0.29, 0.717) is 0 Å². The Morgan fingerprint density at radius 3 is 1.91 bits per heavy atom. The van der Waals surface area contributed by atoms with Crippen molar-refractivity contribution in [2.45, 2.75) is 0 Å². The van der Waals surface area contributed by atoms with Crippen LogP contribution in [0.4, 0.5) is 0 Å². The third-order valence-electron chi connectivity index (χ3n) is 0.936. The average Bonchev–Trinajstić information content (AvgIpc) is 2.08. The van der Waals surface area contributed by atoms with E-state index in [1.54, 1.807) is 26.4 Å². The van der Waals surface area contributed by atoms with Crippen LogP contribution in [-0.4, -0.2) is 20.5 Å². The molecule has 2 heteroatoms. The highest BCUT2D eigenvalue weighted by Crippen LogP contribution is 1.91. The second kappa shape index (κ2) is 6.96. The van der Waals surface area contributed by atoms with Crippen LogP contribution in [0.25, 0.3) is 0 Å². The molecule has 0 radical (unpaired) electrons. The molecule has 0 fully saturated rings. The summed E-state index contributed by atoms with van der Waals surface area (Å²) in [7, 11) is 3.25. The number of rotatable bonds is 1. The molecule has 0 atom stereocenters. The van der Waals surface area contributed by atoms with Crippen molar-refractivity contribution in [3.63, 3.8) is 0 Å². The van der Waals surface area contributed by atoms with Gasteiger partial charge in [-0.1, -0.05) is 30.3 Å². The number of hydrogen-bond donors (Lipinski definition) is 0. The standard InChI is InChI=1S/C7H6O.C2H6O/c8-6-7-4-2-1-3-5-7;1-3-2/h1-6H;1-2H3. The molecule has 11 heavy (non-hydrogen) atoms. The van der Waals surface area contributed by atoms with Crippen molar-refractivity contribution in [2.75, 3.05) is 14.2 Å². The zero-order valence-electron chi connectivity index (χ0n) is 6.78. The van der Waals surface area contributed by atoms with Gasteiger partial charge in [-0.15, -0.1) is 0 Å². The number of aldehydes is 1. The van der Waals surface area contributed by atoms with Gasteiger partial charge < -0.3 is 4.74 Å². The Morgan fingerprint density at radius 1 is 1.18 bits per heavy atom. The molecule has 1 aromatic carbocycles. The fraction of sp³-hybridized carbons (Fsp3) is 0.222. The average molecular weight is 152 g/mol. The van der Waals surface area contributed by atoms with E-state index in [9.17, 15) is 4.79 Å². The van der Waals surface area contributed by atoms with Crippen molar-refractivity contribution in [3.8, 4) is 0 Å². The second-order valence-electron chi connectivity index (χ2n) is 1.94. The first-order valence-electron chi connectivity index (χ1n) is 3.25. The van der Waals surface area contributed by atoms with E-state index in [4.69, 9.17) is 0 Å². The highest BCUT2D eigenvalue weighted by molar-refractivity contribution is 5.74. The summed E-state index contributed by atoms with van der Waals surface area (Å²) in [6.07, 6.45) is 0.833. The van der Waals surface area contributed by atoms with Crippen molar-refractivity contribution < 1.29 is 9.53 Å². The molecule has 1 aromatic rings. The van der Waals surface area contributed by atoms with Crippen LogP contribution in [0.15, 0.2) is 30.3 Å². The van der Waals surface area contributed by atoms with Gasteiger partial charge in [-0.2, -0.15) is 0 Å². The first kappa shape index (κ1) is 9.85. The van der Waals surface area contributed by atoms with Gasteiger partial charge >= 0.3 is 0 Å². The zero-order chi connectivity index (χ0) is 8.53. The molecular weight excluding hydrogens is 140 g/mol. The first-order chi connectivity index (χ1) is 5.35. The fourth-order valence-corrected chi connectivity index (χ4v) is 0.532. The van der Waals surface area contributed by atoms with Gasteiger partial charge in [0.2, 0.25) is 0 Å². The van der Waals surface area contributed by atoms with Crippen LogP contribution in [0.3, 0.4) is 0 Å². The topological polar surface area (TPSA) is 26.3 Å². The van der Waals surface area contributed by atoms with E-state index in [1.165, 1.54) is 0 Å². The van der Waals surface area contributed by atoms with Crippen LogP contribution in [-0.2, 0) is 4.74 Å². The number of carbonyl (C=O) groups excluding carboxylic acids is 1. The zero-order valence-corrected chi connectivity index (χ0v) is 6.78. The lowest BCUT2D eigenvalue weighted by Gasteiger charge is -1.81. The predicted octanol–water partition coefficient (Wildman–Crippen LogP) is 1.76. The summed E-state index contributed by atoms with van der Waals surface area (Å²) in [6.45, 7) is 0. The third-order valence-corrected chi connectivity index (χ3v) is 0.936. The Bertz CT molecular complexity index is 182. The molecule has 0 bridgehead atoms. The van der Waals surface area contributed by atoms with Crippen LogP contribution in [0.2, 0.25) is 0 Å². The molecule has 0 heterocycles. The molecule has 0 N–H and O–H groups in total. The van der Waals surface area contributed by atoms with Crippen LogP contribution in [0, 0.1) is 0 Å². The van der Waals surface area contributed by atoms with Gasteiger partial charge in [-0.3, -0.25) is 4.79 Å². The highest BCUT2D eigenvalue weighted by Gasteiger charge is 1.79. The largest absolute Gasteiger partial charge is 0.388 e. The van der Waals surface area contributed by atoms with E-state index in [-0.39, 0.29) is 0 Å². The summed E-state index contributed by atoms with van der Waals surface area (Å²) < 4.78 is 4.25. The Morgan fingerprint density at radius 2 is 1.64 bits per heavy atom. The molecule has 0 aromatic heterocycles. The summed E-state index contributed by atoms with van der Waals surface area (Å²) in [6, 6.07) is 9.10. The predicted molar refractivity (Wildman–Crippen MR) is 44.8 cm³/mol. The minimum absolute atomic E-state index is 0.729. The third kappa shape index (κ3) is 5.30. The molecule has 0 aliphatic heterocycles. The van der Waals surface area contributed by atoms with Gasteiger partial charge in [0.05, 0.1) is 0 Å². The lowest BCUT2D eigenvalue weighted by Crippen LogP contribution is -1.73. The number of carbonyl (C=O) groups is 1. The maximum atomic E-state index is 10.0. The van der Waals surface area contributed by atoms with Crippen LogP contribution in [0.1, 0.15) is 10.4 Å². The summed E-state index contributed by atoms with van der Waals surface area (Å²) in [5, 5.41) is 0. The summed E-state index contributed by atoms with van der Waals surface area (Å²) in [5.74, 6) is 0. The Kier molecular flexibility index (Phi) is 6.24. The molecule has 0 unspecified atom stereocenters. The van der Waals surface area contributed by atoms with E-state index in [0.717, 1.165) is 11.8 Å². The SMILES string of the molecule is COC.O=Cc1ccccc1. The van der Waals surface area contributed by atoms with Gasteiger partial charge in [0.1, 0.15) is 6.29 Å². The Hall–Kier alpha value is -1.15. The smallest absolute Gasteiger partial charge is 0.150 e. The number of methoxy groups -OCH3 is 1. The molecule has 0 spiro atoms. The van der Waals surface area contributed by atoms with Gasteiger partial charge in [0.15, 0.2) is 0 Å². The molecule has 60 valence electrons. The number of hydrogen-bond acceptors (Lipinski definition) is 2. The fourth-order valence-electron chi connectivity index (χ4n) is 0.532. The van der Waals surface area contributed by atoms with Crippen molar-refractivity contribution in [1.82, 2.24) is 0 Å². The number of ether oxygens (including phenoxy) is 1. The van der Waals surface area contributed by atoms with Crippen molar-refractivity contribution >= 4 is 6.29 Å². The van der Waals surface area contributed by atoms with E-state index >= 15 is 0 Å². The lowest BCUT2D eigenvalue weighted by molar-refractivity contribution is 0.112. The molecule has 1 rings (SSSR count). The molecule has 2 nitrogen and oxygen atoms in total. The Balaban J connectivity index is 0.000000292. The maximum absolute atomic E-state index is 10.0.